The maximum absolute atomic E-state index is 13.8. The number of nitrogens with zero attached hydrogens (tertiary/aromatic N) is 3. The summed E-state index contributed by atoms with van der Waals surface area (Å²) in [5, 5.41) is 2.96. The summed E-state index contributed by atoms with van der Waals surface area (Å²) in [6, 6.07) is 5.72. The Kier molecular flexibility index (Phi) is 9.22. The van der Waals surface area contributed by atoms with Crippen LogP contribution in [0, 0.1) is 11.3 Å². The van der Waals surface area contributed by atoms with E-state index in [1.54, 1.807) is 21.9 Å². The van der Waals surface area contributed by atoms with Crippen LogP contribution in [0.5, 0.6) is 0 Å². The summed E-state index contributed by atoms with van der Waals surface area (Å²) < 4.78 is 5.53. The molecule has 0 saturated carbocycles. The predicted octanol–water partition coefficient (Wildman–Crippen LogP) is 3.26. The Hall–Kier alpha value is -2.94. The van der Waals surface area contributed by atoms with Gasteiger partial charge in [0.2, 0.25) is 5.91 Å². The monoisotopic (exact) mass is 554 g/mol. The van der Waals surface area contributed by atoms with Crippen molar-refractivity contribution in [1.29, 1.82) is 0 Å². The molecule has 4 unspecified atom stereocenters. The first-order valence-electron chi connectivity index (χ1n) is 14.7. The first kappa shape index (κ1) is 30.0. The Morgan fingerprint density at radius 2 is 1.65 bits per heavy atom. The van der Waals surface area contributed by atoms with Crippen LogP contribution in [-0.2, 0) is 19.1 Å². The van der Waals surface area contributed by atoms with Gasteiger partial charge < -0.3 is 24.8 Å². The maximum atomic E-state index is 13.8. The minimum atomic E-state index is -0.755. The van der Waals surface area contributed by atoms with Gasteiger partial charge in [-0.1, -0.05) is 34.6 Å². The summed E-state index contributed by atoms with van der Waals surface area (Å²) in [5.74, 6) is -0.743. The molecule has 1 N–H and O–H groups in total. The largest absolute Gasteiger partial charge is 0.372 e. The van der Waals surface area contributed by atoms with Crippen LogP contribution in [0.3, 0.4) is 0 Å². The lowest BCUT2D eigenvalue weighted by atomic mass is 9.88. The number of hydrogen-bond acceptors (Lipinski definition) is 6. The molecule has 4 rings (SSSR count). The van der Waals surface area contributed by atoms with E-state index in [0.29, 0.717) is 31.4 Å². The van der Waals surface area contributed by atoms with Crippen molar-refractivity contribution in [2.45, 2.75) is 91.0 Å². The molecule has 3 aliphatic heterocycles. The van der Waals surface area contributed by atoms with Crippen LogP contribution in [-0.4, -0.2) is 90.8 Å². The van der Waals surface area contributed by atoms with Gasteiger partial charge in [0.05, 0.1) is 12.6 Å². The molecule has 0 aliphatic carbocycles. The molecule has 1 aromatic rings. The molecule has 3 amide bonds. The summed E-state index contributed by atoms with van der Waals surface area (Å²) in [5.41, 5.74) is 1.49. The van der Waals surface area contributed by atoms with Crippen molar-refractivity contribution in [2.24, 2.45) is 11.3 Å². The number of carbonyl (C=O) groups is 4. The molecule has 0 bridgehead atoms. The van der Waals surface area contributed by atoms with E-state index in [0.717, 1.165) is 18.8 Å². The molecule has 3 fully saturated rings. The van der Waals surface area contributed by atoms with Gasteiger partial charge in [0, 0.05) is 38.0 Å². The average molecular weight is 555 g/mol. The molecular formula is C31H46N4O5. The van der Waals surface area contributed by atoms with Gasteiger partial charge in [-0.3, -0.25) is 19.2 Å². The summed E-state index contributed by atoms with van der Waals surface area (Å²) >= 11 is 0. The van der Waals surface area contributed by atoms with Crippen LogP contribution in [0.1, 0.15) is 77.1 Å². The first-order chi connectivity index (χ1) is 18.9. The zero-order chi connectivity index (χ0) is 29.2. The smallest absolute Gasteiger partial charge is 0.252 e. The Morgan fingerprint density at radius 3 is 2.23 bits per heavy atom. The number of likely N-dealkylation sites (tertiary alicyclic amines) is 2. The summed E-state index contributed by atoms with van der Waals surface area (Å²) in [6.07, 6.45) is 3.24. The second-order valence-corrected chi connectivity index (χ2v) is 13.2. The molecule has 3 saturated heterocycles. The summed E-state index contributed by atoms with van der Waals surface area (Å²) in [7, 11) is 1.52. The molecule has 220 valence electrons. The number of fused-ring (bicyclic) bond motifs is 1. The second-order valence-electron chi connectivity index (χ2n) is 13.2. The maximum Gasteiger partial charge on any atom is 0.252 e. The lowest BCUT2D eigenvalue weighted by Gasteiger charge is -2.31. The minimum Gasteiger partial charge on any atom is -0.372 e. The second kappa shape index (κ2) is 12.3. The minimum absolute atomic E-state index is 0.0213. The third kappa shape index (κ3) is 6.67. The Bertz CT molecular complexity index is 1090. The lowest BCUT2D eigenvalue weighted by molar-refractivity contribution is -0.145. The van der Waals surface area contributed by atoms with Crippen molar-refractivity contribution in [1.82, 2.24) is 15.1 Å². The van der Waals surface area contributed by atoms with Crippen molar-refractivity contribution in [3.8, 4) is 0 Å². The van der Waals surface area contributed by atoms with Crippen LogP contribution in [0.2, 0.25) is 0 Å². The quantitative estimate of drug-likeness (QED) is 0.503. The molecule has 3 heterocycles. The van der Waals surface area contributed by atoms with Crippen LogP contribution >= 0.6 is 0 Å². The highest BCUT2D eigenvalue weighted by molar-refractivity contribution is 6.01. The van der Waals surface area contributed by atoms with Gasteiger partial charge in [-0.05, 0) is 67.7 Å². The van der Waals surface area contributed by atoms with Crippen molar-refractivity contribution >= 4 is 29.2 Å². The zero-order valence-corrected chi connectivity index (χ0v) is 24.9. The van der Waals surface area contributed by atoms with Crippen LogP contribution in [0.15, 0.2) is 24.3 Å². The highest BCUT2D eigenvalue weighted by atomic mass is 16.5. The average Bonchev–Trinajstić information content (AvgIpc) is 3.64. The van der Waals surface area contributed by atoms with E-state index in [-0.39, 0.29) is 47.4 Å². The van der Waals surface area contributed by atoms with E-state index in [9.17, 15) is 19.2 Å². The predicted molar refractivity (Wildman–Crippen MR) is 154 cm³/mol. The fraction of sp³-hybridized carbons (Fsp3) is 0.677. The third-order valence-electron chi connectivity index (χ3n) is 8.26. The van der Waals surface area contributed by atoms with Gasteiger partial charge in [-0.15, -0.1) is 0 Å². The molecular weight excluding hydrogens is 508 g/mol. The summed E-state index contributed by atoms with van der Waals surface area (Å²) in [6.45, 7) is 12.6. The number of methoxy groups -OCH3 is 1. The van der Waals surface area contributed by atoms with E-state index < -0.39 is 18.2 Å². The van der Waals surface area contributed by atoms with Crippen molar-refractivity contribution in [3.05, 3.63) is 29.8 Å². The number of ether oxygens (including phenoxy) is 1. The van der Waals surface area contributed by atoms with Gasteiger partial charge in [0.1, 0.15) is 18.2 Å². The number of benzene rings is 1. The van der Waals surface area contributed by atoms with E-state index in [4.69, 9.17) is 4.74 Å². The van der Waals surface area contributed by atoms with Crippen LogP contribution < -0.4 is 10.2 Å². The highest BCUT2D eigenvalue weighted by Gasteiger charge is 2.53. The lowest BCUT2D eigenvalue weighted by Crippen LogP contribution is -2.53. The zero-order valence-electron chi connectivity index (χ0n) is 24.9. The number of nitrogens with one attached hydrogen (secondary N) is 1. The molecule has 40 heavy (non-hydrogen) atoms. The molecule has 0 aromatic heterocycles. The van der Waals surface area contributed by atoms with E-state index in [1.165, 1.54) is 20.0 Å². The van der Waals surface area contributed by atoms with Crippen LogP contribution in [0.4, 0.5) is 5.69 Å². The Morgan fingerprint density at radius 1 is 1.00 bits per heavy atom. The van der Waals surface area contributed by atoms with Gasteiger partial charge >= 0.3 is 0 Å². The SMILES string of the molecule is COC(CC(C)(C)C)C(=O)N1CC(=O)C2C1CCN2C(=O)C(CC(C)C)NC(=O)c1ccc(N2CCCC2)cc1. The number of anilines is 1. The fourth-order valence-corrected chi connectivity index (χ4v) is 6.30. The normalized spacial score (nSPS) is 22.6. The topological polar surface area (TPSA) is 99.3 Å². The number of hydrogen-bond donors (Lipinski definition) is 1. The number of ketones is 1. The fourth-order valence-electron chi connectivity index (χ4n) is 6.30. The highest BCUT2D eigenvalue weighted by Crippen LogP contribution is 2.33. The number of rotatable bonds is 9. The van der Waals surface area contributed by atoms with Crippen molar-refractivity contribution in [2.75, 3.05) is 38.2 Å². The first-order valence-corrected chi connectivity index (χ1v) is 14.7. The van der Waals surface area contributed by atoms with E-state index >= 15 is 0 Å². The number of carbonyl (C=O) groups excluding carboxylic acids is 4. The van der Waals surface area contributed by atoms with Gasteiger partial charge in [0.25, 0.3) is 11.8 Å². The van der Waals surface area contributed by atoms with Crippen LogP contribution in [0.25, 0.3) is 0 Å². The van der Waals surface area contributed by atoms with E-state index in [1.807, 2.05) is 46.8 Å². The van der Waals surface area contributed by atoms with Gasteiger partial charge in [0.15, 0.2) is 5.78 Å². The molecule has 9 nitrogen and oxygen atoms in total. The third-order valence-corrected chi connectivity index (χ3v) is 8.26. The molecule has 0 radical (unpaired) electrons. The molecule has 9 heteroatoms. The molecule has 0 spiro atoms. The molecule has 1 aromatic carbocycles. The molecule has 3 aliphatic rings. The van der Waals surface area contributed by atoms with E-state index in [2.05, 4.69) is 10.2 Å². The van der Waals surface area contributed by atoms with Crippen molar-refractivity contribution in [3.63, 3.8) is 0 Å². The van der Waals surface area contributed by atoms with Gasteiger partial charge in [-0.2, -0.15) is 0 Å². The molecule has 4 atom stereocenters. The van der Waals surface area contributed by atoms with Crippen molar-refractivity contribution < 1.29 is 23.9 Å². The number of Topliss-reactive ketones (excluding diaryl/α,β-unsaturated/α-hetero) is 1. The Labute approximate surface area is 238 Å². The number of amides is 3. The standard InChI is InChI=1S/C31H46N4O5/c1-20(2)17-23(32-28(37)21-9-11-22(12-10-21)33-14-7-8-15-33)29(38)34-16-13-24-27(34)25(36)19-35(24)30(39)26(40-6)18-31(3,4)5/h9-12,20,23-24,26-27H,7-8,13-19H2,1-6H3,(H,32,37). The van der Waals surface area contributed by atoms with Gasteiger partial charge in [-0.25, -0.2) is 0 Å². The Balaban J connectivity index is 1.46. The summed E-state index contributed by atoms with van der Waals surface area (Å²) in [4.78, 5) is 59.2.